The third-order valence-electron chi connectivity index (χ3n) is 3.02. The van der Waals surface area contributed by atoms with E-state index in [0.717, 1.165) is 4.90 Å². The van der Waals surface area contributed by atoms with E-state index in [1.165, 1.54) is 0 Å². The molecule has 0 radical (unpaired) electrons. The van der Waals surface area contributed by atoms with Gasteiger partial charge in [0.2, 0.25) is 11.7 Å². The highest BCUT2D eigenvalue weighted by atomic mass is 19.2. The van der Waals surface area contributed by atoms with Gasteiger partial charge in [0.15, 0.2) is 23.3 Å². The van der Waals surface area contributed by atoms with Crippen molar-refractivity contribution in [3.8, 4) is 0 Å². The third-order valence-corrected chi connectivity index (χ3v) is 3.02. The minimum Gasteiger partial charge on any atom is -0.354 e. The van der Waals surface area contributed by atoms with Gasteiger partial charge in [0.25, 0.3) is 5.91 Å². The van der Waals surface area contributed by atoms with Crippen molar-refractivity contribution in [1.82, 2.24) is 10.2 Å². The van der Waals surface area contributed by atoms with Crippen LogP contribution < -0.4 is 5.32 Å². The van der Waals surface area contributed by atoms with E-state index in [4.69, 9.17) is 0 Å². The standard InChI is InChI=1S/C12H9F5N2O2/c13-7-6(8(14)10(16)11(17)9(7)15)12(21)19-3-1-5(20)18-2-4-19/h1-4H2,(H,18,20). The minimum absolute atomic E-state index is 0.0277. The Bertz CT molecular complexity index is 591. The SMILES string of the molecule is O=C1CCN(C(=O)c2c(F)c(F)c(F)c(F)c2F)CCN1. The van der Waals surface area contributed by atoms with Gasteiger partial charge in [-0.15, -0.1) is 0 Å². The van der Waals surface area contributed by atoms with E-state index < -0.39 is 40.6 Å². The molecular weight excluding hydrogens is 299 g/mol. The van der Waals surface area contributed by atoms with Crippen LogP contribution in [0.3, 0.4) is 0 Å². The van der Waals surface area contributed by atoms with Crippen molar-refractivity contribution in [2.45, 2.75) is 6.42 Å². The molecule has 1 aliphatic heterocycles. The number of benzene rings is 1. The van der Waals surface area contributed by atoms with Gasteiger partial charge in [0.05, 0.1) is 0 Å². The summed E-state index contributed by atoms with van der Waals surface area (Å²) in [7, 11) is 0. The summed E-state index contributed by atoms with van der Waals surface area (Å²) in [5, 5.41) is 2.41. The number of carbonyl (C=O) groups excluding carboxylic acids is 2. The highest BCUT2D eigenvalue weighted by molar-refractivity contribution is 5.95. The summed E-state index contributed by atoms with van der Waals surface area (Å²) in [6.45, 7) is -0.242. The summed E-state index contributed by atoms with van der Waals surface area (Å²) in [6.07, 6.45) is -0.124. The molecule has 1 heterocycles. The van der Waals surface area contributed by atoms with Crippen molar-refractivity contribution in [2.24, 2.45) is 0 Å². The molecule has 0 atom stereocenters. The Hall–Kier alpha value is -2.19. The van der Waals surface area contributed by atoms with Gasteiger partial charge in [-0.1, -0.05) is 0 Å². The summed E-state index contributed by atoms with van der Waals surface area (Å²) in [5.74, 6) is -12.8. The first kappa shape index (κ1) is 15.2. The average Bonchev–Trinajstić information content (AvgIpc) is 2.68. The first-order chi connectivity index (χ1) is 9.84. The zero-order valence-corrected chi connectivity index (χ0v) is 10.5. The third kappa shape index (κ3) is 2.67. The van der Waals surface area contributed by atoms with Crippen molar-refractivity contribution >= 4 is 11.8 Å². The van der Waals surface area contributed by atoms with Gasteiger partial charge in [0, 0.05) is 26.1 Å². The van der Waals surface area contributed by atoms with Crippen LogP contribution in [0.5, 0.6) is 0 Å². The molecule has 0 unspecified atom stereocenters. The topological polar surface area (TPSA) is 49.4 Å². The van der Waals surface area contributed by atoms with E-state index in [0.29, 0.717) is 0 Å². The van der Waals surface area contributed by atoms with Gasteiger partial charge in [-0.2, -0.15) is 0 Å². The molecule has 0 aromatic heterocycles. The number of halogens is 5. The fourth-order valence-electron chi connectivity index (χ4n) is 1.92. The first-order valence-corrected chi connectivity index (χ1v) is 5.92. The molecule has 114 valence electrons. The van der Waals surface area contributed by atoms with Gasteiger partial charge in [0.1, 0.15) is 5.56 Å². The van der Waals surface area contributed by atoms with Gasteiger partial charge in [-0.25, -0.2) is 22.0 Å². The van der Waals surface area contributed by atoms with E-state index in [9.17, 15) is 31.5 Å². The van der Waals surface area contributed by atoms with Crippen LogP contribution in [0.2, 0.25) is 0 Å². The van der Waals surface area contributed by atoms with Crippen LogP contribution >= 0.6 is 0 Å². The number of hydrogen-bond acceptors (Lipinski definition) is 2. The number of carbonyl (C=O) groups is 2. The quantitative estimate of drug-likeness (QED) is 0.484. The Balaban J connectivity index is 2.42. The molecule has 4 nitrogen and oxygen atoms in total. The number of nitrogens with one attached hydrogen (secondary N) is 1. The summed E-state index contributed by atoms with van der Waals surface area (Å²) in [5.41, 5.74) is -1.51. The lowest BCUT2D eigenvalue weighted by Crippen LogP contribution is -2.35. The van der Waals surface area contributed by atoms with Crippen LogP contribution in [-0.4, -0.2) is 36.3 Å². The second kappa shape index (κ2) is 5.66. The van der Waals surface area contributed by atoms with Crippen LogP contribution in [0.4, 0.5) is 22.0 Å². The molecule has 0 aliphatic carbocycles. The number of amides is 2. The van der Waals surface area contributed by atoms with Crippen molar-refractivity contribution in [3.63, 3.8) is 0 Å². The molecule has 1 aromatic carbocycles. The van der Waals surface area contributed by atoms with E-state index in [-0.39, 0.29) is 32.0 Å². The molecule has 21 heavy (non-hydrogen) atoms. The van der Waals surface area contributed by atoms with Gasteiger partial charge >= 0.3 is 0 Å². The van der Waals surface area contributed by atoms with Crippen LogP contribution in [0.25, 0.3) is 0 Å². The maximum Gasteiger partial charge on any atom is 0.260 e. The Morgan fingerprint density at radius 1 is 0.905 bits per heavy atom. The fourth-order valence-corrected chi connectivity index (χ4v) is 1.92. The predicted octanol–water partition coefficient (Wildman–Crippen LogP) is 1.34. The van der Waals surface area contributed by atoms with Gasteiger partial charge < -0.3 is 10.2 Å². The zero-order chi connectivity index (χ0) is 15.7. The molecule has 1 aliphatic rings. The average molecular weight is 308 g/mol. The summed E-state index contributed by atoms with van der Waals surface area (Å²) in [6, 6.07) is 0. The van der Waals surface area contributed by atoms with Gasteiger partial charge in [-0.3, -0.25) is 9.59 Å². The molecular formula is C12H9F5N2O2. The lowest BCUT2D eigenvalue weighted by Gasteiger charge is -2.20. The second-order valence-corrected chi connectivity index (χ2v) is 4.34. The van der Waals surface area contributed by atoms with E-state index in [2.05, 4.69) is 5.32 Å². The minimum atomic E-state index is -2.32. The number of hydrogen-bond donors (Lipinski definition) is 1. The zero-order valence-electron chi connectivity index (χ0n) is 10.5. The molecule has 1 aromatic rings. The maximum atomic E-state index is 13.5. The van der Waals surface area contributed by atoms with E-state index in [1.807, 2.05) is 0 Å². The van der Waals surface area contributed by atoms with Crippen LogP contribution in [0.15, 0.2) is 0 Å². The predicted molar refractivity (Wildman–Crippen MR) is 59.8 cm³/mol. The first-order valence-electron chi connectivity index (χ1n) is 5.92. The smallest absolute Gasteiger partial charge is 0.260 e. The number of nitrogens with zero attached hydrogens (tertiary/aromatic N) is 1. The van der Waals surface area contributed by atoms with Crippen LogP contribution in [0.1, 0.15) is 16.8 Å². The number of rotatable bonds is 1. The van der Waals surface area contributed by atoms with Crippen LogP contribution in [0, 0.1) is 29.1 Å². The molecule has 0 saturated carbocycles. The molecule has 1 N–H and O–H groups in total. The molecule has 1 saturated heterocycles. The van der Waals surface area contributed by atoms with E-state index >= 15 is 0 Å². The Kier molecular flexibility index (Phi) is 4.10. The summed E-state index contributed by atoms with van der Waals surface area (Å²) < 4.78 is 66.1. The second-order valence-electron chi connectivity index (χ2n) is 4.34. The Morgan fingerprint density at radius 2 is 1.43 bits per heavy atom. The van der Waals surface area contributed by atoms with Crippen molar-refractivity contribution in [2.75, 3.05) is 19.6 Å². The molecule has 0 bridgehead atoms. The maximum absolute atomic E-state index is 13.5. The molecule has 1 fully saturated rings. The van der Waals surface area contributed by atoms with Crippen molar-refractivity contribution < 1.29 is 31.5 Å². The molecule has 9 heteroatoms. The highest BCUT2D eigenvalue weighted by Gasteiger charge is 2.32. The monoisotopic (exact) mass is 308 g/mol. The lowest BCUT2D eigenvalue weighted by atomic mass is 10.1. The highest BCUT2D eigenvalue weighted by Crippen LogP contribution is 2.24. The Morgan fingerprint density at radius 3 is 2.00 bits per heavy atom. The molecule has 0 spiro atoms. The fraction of sp³-hybridized carbons (Fsp3) is 0.333. The van der Waals surface area contributed by atoms with Crippen LogP contribution in [-0.2, 0) is 4.79 Å². The molecule has 2 rings (SSSR count). The molecule has 2 amide bonds. The Labute approximate surface area is 115 Å². The normalized spacial score (nSPS) is 15.7. The largest absolute Gasteiger partial charge is 0.354 e. The summed E-state index contributed by atoms with van der Waals surface area (Å²) in [4.78, 5) is 23.9. The lowest BCUT2D eigenvalue weighted by molar-refractivity contribution is -0.120. The van der Waals surface area contributed by atoms with Gasteiger partial charge in [-0.05, 0) is 0 Å². The van der Waals surface area contributed by atoms with Crippen molar-refractivity contribution in [3.05, 3.63) is 34.6 Å². The van der Waals surface area contributed by atoms with Crippen molar-refractivity contribution in [1.29, 1.82) is 0 Å². The van der Waals surface area contributed by atoms with E-state index in [1.54, 1.807) is 0 Å². The summed E-state index contributed by atoms with van der Waals surface area (Å²) >= 11 is 0.